The minimum Gasteiger partial charge on any atom is -0.311 e. The van der Waals surface area contributed by atoms with Crippen LogP contribution in [0.1, 0.15) is 18.1 Å². The van der Waals surface area contributed by atoms with Crippen LogP contribution < -0.4 is 9.80 Å². The third-order valence-corrected chi connectivity index (χ3v) is 7.79. The fraction of sp³-hybridized carbons (Fsp3) is 0.0233. The van der Waals surface area contributed by atoms with Crippen LogP contribution in [-0.2, 0) is 0 Å². The van der Waals surface area contributed by atoms with E-state index in [2.05, 4.69) is 187 Å². The molecule has 0 fully saturated rings. The lowest BCUT2D eigenvalue weighted by molar-refractivity contribution is 1.28. The summed E-state index contributed by atoms with van der Waals surface area (Å²) in [5, 5.41) is 0. The topological polar surface area (TPSA) is 6.48 Å². The molecule has 0 heterocycles. The SMILES string of the molecule is C=C(/C=C\C(=C/C)c1ccc(N(c2ccccc2)c2ccccc2)cc1)c1ccc(N(c2ccccc2)c2ccccc2)cc1. The van der Waals surface area contributed by atoms with Crippen molar-refractivity contribution in [2.24, 2.45) is 0 Å². The van der Waals surface area contributed by atoms with Crippen LogP contribution in [0.4, 0.5) is 34.1 Å². The molecule has 0 bridgehead atoms. The first-order chi connectivity index (χ1) is 22.2. The van der Waals surface area contributed by atoms with Crippen LogP contribution in [0.15, 0.2) is 195 Å². The zero-order valence-electron chi connectivity index (χ0n) is 25.5. The molecular formula is C43H36N2. The Kier molecular flexibility index (Phi) is 9.14. The Hall–Kier alpha value is -5.86. The van der Waals surface area contributed by atoms with Gasteiger partial charge in [0.15, 0.2) is 0 Å². The number of allylic oxidation sites excluding steroid dienone is 5. The molecule has 0 saturated carbocycles. The quantitative estimate of drug-likeness (QED) is 0.149. The maximum absolute atomic E-state index is 4.39. The molecule has 0 aliphatic carbocycles. The van der Waals surface area contributed by atoms with Gasteiger partial charge in [0.05, 0.1) is 0 Å². The molecule has 2 nitrogen and oxygen atoms in total. The number of hydrogen-bond donors (Lipinski definition) is 0. The van der Waals surface area contributed by atoms with Crippen LogP contribution in [0.5, 0.6) is 0 Å². The lowest BCUT2D eigenvalue weighted by Crippen LogP contribution is -2.09. The van der Waals surface area contributed by atoms with Crippen molar-refractivity contribution in [1.82, 2.24) is 0 Å². The summed E-state index contributed by atoms with van der Waals surface area (Å²) >= 11 is 0. The van der Waals surface area contributed by atoms with E-state index in [9.17, 15) is 0 Å². The van der Waals surface area contributed by atoms with Crippen molar-refractivity contribution in [3.8, 4) is 0 Å². The fourth-order valence-electron chi connectivity index (χ4n) is 5.48. The molecule has 6 aromatic rings. The predicted octanol–water partition coefficient (Wildman–Crippen LogP) is 12.3. The van der Waals surface area contributed by atoms with Gasteiger partial charge in [-0.15, -0.1) is 0 Å². The number of para-hydroxylation sites is 4. The summed E-state index contributed by atoms with van der Waals surface area (Å²) in [4.78, 5) is 4.54. The van der Waals surface area contributed by atoms with Gasteiger partial charge in [0.25, 0.3) is 0 Å². The maximum Gasteiger partial charge on any atom is 0.0462 e. The van der Waals surface area contributed by atoms with Gasteiger partial charge in [-0.1, -0.05) is 122 Å². The van der Waals surface area contributed by atoms with Crippen LogP contribution >= 0.6 is 0 Å². The van der Waals surface area contributed by atoms with Gasteiger partial charge in [0.2, 0.25) is 0 Å². The minimum absolute atomic E-state index is 0.961. The maximum atomic E-state index is 4.39. The normalized spacial score (nSPS) is 11.4. The number of anilines is 6. The Morgan fingerprint density at radius 3 is 1.04 bits per heavy atom. The van der Waals surface area contributed by atoms with Gasteiger partial charge in [-0.3, -0.25) is 0 Å². The van der Waals surface area contributed by atoms with Crippen molar-refractivity contribution in [3.05, 3.63) is 206 Å². The average molecular weight is 581 g/mol. The highest BCUT2D eigenvalue weighted by Crippen LogP contribution is 2.36. The first-order valence-electron chi connectivity index (χ1n) is 15.3. The molecule has 6 aromatic carbocycles. The molecule has 0 radical (unpaired) electrons. The molecule has 0 unspecified atom stereocenters. The van der Waals surface area contributed by atoms with Gasteiger partial charge in [0.1, 0.15) is 0 Å². The Morgan fingerprint density at radius 2 is 0.711 bits per heavy atom. The fourth-order valence-corrected chi connectivity index (χ4v) is 5.48. The number of nitrogens with zero attached hydrogens (tertiary/aromatic N) is 2. The zero-order chi connectivity index (χ0) is 30.8. The summed E-state index contributed by atoms with van der Waals surface area (Å²) in [6.45, 7) is 6.46. The first kappa shape index (κ1) is 29.2. The average Bonchev–Trinajstić information content (AvgIpc) is 3.11. The highest BCUT2D eigenvalue weighted by molar-refractivity contribution is 5.83. The van der Waals surface area contributed by atoms with E-state index in [1.54, 1.807) is 0 Å². The summed E-state index contributed by atoms with van der Waals surface area (Å²) in [5.41, 5.74) is 11.0. The van der Waals surface area contributed by atoms with Gasteiger partial charge >= 0.3 is 0 Å². The van der Waals surface area contributed by atoms with E-state index in [-0.39, 0.29) is 0 Å². The first-order valence-corrected chi connectivity index (χ1v) is 15.3. The van der Waals surface area contributed by atoms with E-state index in [0.29, 0.717) is 0 Å². The summed E-state index contributed by atoms with van der Waals surface area (Å²) in [7, 11) is 0. The molecular weight excluding hydrogens is 544 g/mol. The lowest BCUT2D eigenvalue weighted by Gasteiger charge is -2.25. The van der Waals surface area contributed by atoms with Gasteiger partial charge in [-0.25, -0.2) is 0 Å². The summed E-state index contributed by atoms with van der Waals surface area (Å²) in [6, 6.07) is 59.2. The molecule has 45 heavy (non-hydrogen) atoms. The zero-order valence-corrected chi connectivity index (χ0v) is 25.5. The Labute approximate surface area is 267 Å². The lowest BCUT2D eigenvalue weighted by atomic mass is 10.0. The van der Waals surface area contributed by atoms with E-state index >= 15 is 0 Å². The highest BCUT2D eigenvalue weighted by atomic mass is 15.1. The second-order valence-electron chi connectivity index (χ2n) is 10.7. The van der Waals surface area contributed by atoms with Gasteiger partial charge in [-0.05, 0) is 102 Å². The smallest absolute Gasteiger partial charge is 0.0462 e. The summed E-state index contributed by atoms with van der Waals surface area (Å²) in [6.07, 6.45) is 6.40. The van der Waals surface area contributed by atoms with E-state index < -0.39 is 0 Å². The second kappa shape index (κ2) is 14.1. The molecule has 218 valence electrons. The van der Waals surface area contributed by atoms with Crippen molar-refractivity contribution in [3.63, 3.8) is 0 Å². The van der Waals surface area contributed by atoms with Crippen molar-refractivity contribution < 1.29 is 0 Å². The van der Waals surface area contributed by atoms with Crippen molar-refractivity contribution >= 4 is 45.3 Å². The standard InChI is InChI=1S/C43H36N2/c1-3-35(37-28-32-43(33-29-37)45(40-20-12-6-13-21-40)41-22-14-7-15-23-41)25-24-34(2)36-26-30-42(31-27-36)44(38-16-8-4-9-17-38)39-18-10-5-11-19-39/h3-33H,2H2,1H3/b25-24-,35-3+. The minimum atomic E-state index is 0.961. The molecule has 0 spiro atoms. The molecule has 0 N–H and O–H groups in total. The Bertz CT molecular complexity index is 1790. The second-order valence-corrected chi connectivity index (χ2v) is 10.7. The van der Waals surface area contributed by atoms with E-state index in [1.807, 2.05) is 24.3 Å². The molecule has 0 aliphatic heterocycles. The highest BCUT2D eigenvalue weighted by Gasteiger charge is 2.13. The van der Waals surface area contributed by atoms with Crippen LogP contribution in [0.3, 0.4) is 0 Å². The van der Waals surface area contributed by atoms with E-state index in [0.717, 1.165) is 56.4 Å². The molecule has 0 atom stereocenters. The molecule has 0 amide bonds. The van der Waals surface area contributed by atoms with Gasteiger partial charge < -0.3 is 9.80 Å². The van der Waals surface area contributed by atoms with Crippen molar-refractivity contribution in [2.75, 3.05) is 9.80 Å². The monoisotopic (exact) mass is 580 g/mol. The van der Waals surface area contributed by atoms with Crippen LogP contribution in [-0.4, -0.2) is 0 Å². The van der Waals surface area contributed by atoms with Crippen LogP contribution in [0.25, 0.3) is 11.1 Å². The van der Waals surface area contributed by atoms with Crippen LogP contribution in [0.2, 0.25) is 0 Å². The number of hydrogen-bond acceptors (Lipinski definition) is 2. The van der Waals surface area contributed by atoms with E-state index in [1.165, 1.54) is 0 Å². The third kappa shape index (κ3) is 6.87. The molecule has 2 heteroatoms. The molecule has 0 aromatic heterocycles. The van der Waals surface area contributed by atoms with Crippen molar-refractivity contribution in [1.29, 1.82) is 0 Å². The predicted molar refractivity (Wildman–Crippen MR) is 194 cm³/mol. The summed E-state index contributed by atoms with van der Waals surface area (Å²) in [5.74, 6) is 0. The Balaban J connectivity index is 1.20. The van der Waals surface area contributed by atoms with Crippen molar-refractivity contribution in [2.45, 2.75) is 6.92 Å². The largest absolute Gasteiger partial charge is 0.311 e. The van der Waals surface area contributed by atoms with Gasteiger partial charge in [-0.2, -0.15) is 0 Å². The Morgan fingerprint density at radius 1 is 0.400 bits per heavy atom. The van der Waals surface area contributed by atoms with E-state index in [4.69, 9.17) is 0 Å². The number of benzene rings is 6. The third-order valence-electron chi connectivity index (χ3n) is 7.79. The molecule has 0 saturated heterocycles. The van der Waals surface area contributed by atoms with Gasteiger partial charge in [0, 0.05) is 34.1 Å². The number of rotatable bonds is 10. The summed E-state index contributed by atoms with van der Waals surface area (Å²) < 4.78 is 0. The van der Waals surface area contributed by atoms with Crippen LogP contribution in [0, 0.1) is 0 Å². The molecule has 0 aliphatic rings. The molecule has 6 rings (SSSR count).